The van der Waals surface area contributed by atoms with Crippen LogP contribution in [0.15, 0.2) is 47.6 Å². The molecule has 4 aliphatic rings. The summed E-state index contributed by atoms with van der Waals surface area (Å²) < 4.78 is 35.6. The van der Waals surface area contributed by atoms with Gasteiger partial charge in [-0.25, -0.2) is 4.79 Å². The quantitative estimate of drug-likeness (QED) is 0.134. The summed E-state index contributed by atoms with van der Waals surface area (Å²) in [4.78, 5) is 72.1. The Morgan fingerprint density at radius 2 is 1.59 bits per heavy atom. The van der Waals surface area contributed by atoms with E-state index < -0.39 is 77.8 Å². The molecule has 0 spiro atoms. The molecule has 2 bridgehead atoms. The number of rotatable bonds is 9. The molecule has 1 saturated carbocycles. The van der Waals surface area contributed by atoms with Crippen LogP contribution < -0.4 is 0 Å². The van der Waals surface area contributed by atoms with E-state index >= 15 is 0 Å². The zero-order chi connectivity index (χ0) is 50.3. The minimum absolute atomic E-state index is 0.0158. The first kappa shape index (κ1) is 57.2. The van der Waals surface area contributed by atoms with Gasteiger partial charge in [-0.3, -0.25) is 19.2 Å². The third-order valence-corrected chi connectivity index (χ3v) is 14.9. The Bertz CT molecular complexity index is 1810. The van der Waals surface area contributed by atoms with Crippen molar-refractivity contribution in [3.63, 3.8) is 0 Å². The number of piperidine rings is 1. The van der Waals surface area contributed by atoms with Gasteiger partial charge in [-0.05, 0) is 107 Å². The molecular formula is C53H83NO14. The highest BCUT2D eigenvalue weighted by Gasteiger charge is 2.53. The molecule has 3 aliphatic heterocycles. The van der Waals surface area contributed by atoms with E-state index in [1.807, 2.05) is 58.1 Å². The van der Waals surface area contributed by atoms with E-state index in [9.17, 15) is 39.3 Å². The monoisotopic (exact) mass is 958 g/mol. The largest absolute Gasteiger partial charge is 0.460 e. The summed E-state index contributed by atoms with van der Waals surface area (Å²) in [5, 5.41) is 32.8. The normalized spacial score (nSPS) is 39.2. The van der Waals surface area contributed by atoms with Gasteiger partial charge >= 0.3 is 5.97 Å². The maximum absolute atomic E-state index is 14.5. The summed E-state index contributed by atoms with van der Waals surface area (Å²) in [6.07, 6.45) is 12.0. The molecule has 15 atom stereocenters. The van der Waals surface area contributed by atoms with Crippen molar-refractivity contribution >= 4 is 29.2 Å². The lowest BCUT2D eigenvalue weighted by molar-refractivity contribution is -0.265. The van der Waals surface area contributed by atoms with Gasteiger partial charge in [-0.15, -0.1) is 0 Å². The summed E-state index contributed by atoms with van der Waals surface area (Å²) >= 11 is 0. The van der Waals surface area contributed by atoms with Crippen molar-refractivity contribution in [3.05, 3.63) is 47.6 Å². The molecule has 3 fully saturated rings. The van der Waals surface area contributed by atoms with E-state index in [2.05, 4.69) is 0 Å². The second-order valence-electron chi connectivity index (χ2n) is 20.2. The highest BCUT2D eigenvalue weighted by molar-refractivity contribution is 6.39. The van der Waals surface area contributed by atoms with Crippen molar-refractivity contribution in [2.24, 2.45) is 35.5 Å². The van der Waals surface area contributed by atoms with Crippen molar-refractivity contribution in [1.82, 2.24) is 4.90 Å². The molecule has 3 N–H and O–H groups in total. The predicted molar refractivity (Wildman–Crippen MR) is 256 cm³/mol. The molecule has 0 aromatic heterocycles. The van der Waals surface area contributed by atoms with Crippen molar-refractivity contribution < 1.29 is 67.7 Å². The fourth-order valence-electron chi connectivity index (χ4n) is 10.5. The van der Waals surface area contributed by atoms with E-state index in [1.54, 1.807) is 41.1 Å². The molecule has 68 heavy (non-hydrogen) atoms. The average molecular weight is 958 g/mol. The highest BCUT2D eigenvalue weighted by atomic mass is 16.6. The number of esters is 1. The second-order valence-corrected chi connectivity index (χ2v) is 20.2. The summed E-state index contributed by atoms with van der Waals surface area (Å²) in [5.41, 5.74) is 1.26. The minimum Gasteiger partial charge on any atom is -0.460 e. The minimum atomic E-state index is -2.43. The number of ether oxygens (including phenoxy) is 6. The van der Waals surface area contributed by atoms with Gasteiger partial charge in [-0.2, -0.15) is 0 Å². The molecule has 15 nitrogen and oxygen atoms in total. The van der Waals surface area contributed by atoms with Crippen molar-refractivity contribution in [3.8, 4) is 0 Å². The number of ketones is 3. The van der Waals surface area contributed by atoms with Gasteiger partial charge in [0.1, 0.15) is 30.1 Å². The maximum atomic E-state index is 14.5. The molecule has 2 saturated heterocycles. The SMILES string of the molecule is CO[C@H]1C[C@@H]2CC[C@@H](C)[C@@](O)(O2)C(=O)C(=O)N2CCCCC2C(=O)O[C@H]([C@H](C)C[C@@H]2CC[C@@H](OCCO)[C@H](OC)C2)CC(=O)[C@H](C)/C=C(\C)[C@@H](O)[C@@H](OC)C(=O)[C@H](C)C[C@H](C)/C=C/C=C/C=C/1C. The lowest BCUT2D eigenvalue weighted by Gasteiger charge is -2.42. The first-order chi connectivity index (χ1) is 32.3. The number of allylic oxidation sites excluding steroid dienone is 6. The molecule has 1 aliphatic carbocycles. The Balaban J connectivity index is 1.70. The van der Waals surface area contributed by atoms with Crippen LogP contribution in [0, 0.1) is 35.5 Å². The van der Waals surface area contributed by atoms with Crippen LogP contribution in [-0.2, 0) is 52.4 Å². The topological polar surface area (TPSA) is 205 Å². The number of Topliss-reactive ketones (excluding diaryl/α,β-unsaturated/α-hetero) is 3. The van der Waals surface area contributed by atoms with Crippen molar-refractivity contribution in [1.29, 1.82) is 0 Å². The number of carbonyl (C=O) groups is 5. The Hall–Kier alpha value is -3.41. The van der Waals surface area contributed by atoms with Crippen LogP contribution in [0.2, 0.25) is 0 Å². The fourth-order valence-corrected chi connectivity index (χ4v) is 10.5. The smallest absolute Gasteiger partial charge is 0.329 e. The van der Waals surface area contributed by atoms with Crippen LogP contribution in [0.4, 0.5) is 0 Å². The Morgan fingerprint density at radius 3 is 2.26 bits per heavy atom. The molecule has 4 rings (SSSR count). The molecule has 15 heteroatoms. The zero-order valence-corrected chi connectivity index (χ0v) is 42.4. The van der Waals surface area contributed by atoms with E-state index in [-0.39, 0.29) is 74.1 Å². The number of hydrogen-bond donors (Lipinski definition) is 3. The zero-order valence-electron chi connectivity index (χ0n) is 42.4. The van der Waals surface area contributed by atoms with Crippen LogP contribution in [0.5, 0.6) is 0 Å². The summed E-state index contributed by atoms with van der Waals surface area (Å²) in [5.74, 6) is -7.96. The molecule has 1 amide bonds. The van der Waals surface area contributed by atoms with Gasteiger partial charge in [0.05, 0.1) is 37.6 Å². The number of aliphatic hydroxyl groups excluding tert-OH is 2. The van der Waals surface area contributed by atoms with E-state index in [1.165, 1.54) is 12.0 Å². The van der Waals surface area contributed by atoms with Gasteiger partial charge in [0.15, 0.2) is 5.78 Å². The van der Waals surface area contributed by atoms with Crippen LogP contribution in [-0.4, -0.2) is 145 Å². The van der Waals surface area contributed by atoms with E-state index in [4.69, 9.17) is 28.4 Å². The summed E-state index contributed by atoms with van der Waals surface area (Å²) in [7, 11) is 4.58. The summed E-state index contributed by atoms with van der Waals surface area (Å²) in [6.45, 7) is 12.9. The molecule has 384 valence electrons. The van der Waals surface area contributed by atoms with Gasteiger partial charge < -0.3 is 48.6 Å². The Labute approximate surface area is 405 Å². The number of cyclic esters (lactones) is 1. The maximum Gasteiger partial charge on any atom is 0.329 e. The highest BCUT2D eigenvalue weighted by Crippen LogP contribution is 2.38. The third-order valence-electron chi connectivity index (χ3n) is 14.9. The number of amides is 1. The fraction of sp³-hybridized carbons (Fsp3) is 0.755. The number of carbonyl (C=O) groups excluding carboxylic acids is 5. The first-order valence-electron chi connectivity index (χ1n) is 25.0. The number of hydrogen-bond acceptors (Lipinski definition) is 14. The van der Waals surface area contributed by atoms with Crippen LogP contribution in [0.1, 0.15) is 126 Å². The Kier molecular flexibility index (Phi) is 22.9. The van der Waals surface area contributed by atoms with E-state index in [0.717, 1.165) is 12.0 Å². The van der Waals surface area contributed by atoms with Crippen molar-refractivity contribution in [2.45, 2.75) is 180 Å². The Morgan fingerprint density at radius 1 is 0.853 bits per heavy atom. The first-order valence-corrected chi connectivity index (χ1v) is 25.0. The van der Waals surface area contributed by atoms with Gasteiger partial charge in [0, 0.05) is 58.5 Å². The number of methoxy groups -OCH3 is 3. The predicted octanol–water partition coefficient (Wildman–Crippen LogP) is 6.20. The lowest BCUT2D eigenvalue weighted by atomic mass is 9.78. The molecule has 0 aromatic rings. The van der Waals surface area contributed by atoms with Crippen LogP contribution in [0.25, 0.3) is 0 Å². The van der Waals surface area contributed by atoms with Crippen molar-refractivity contribution in [2.75, 3.05) is 41.1 Å². The van der Waals surface area contributed by atoms with Crippen LogP contribution in [0.3, 0.4) is 0 Å². The molecule has 3 heterocycles. The third kappa shape index (κ3) is 15.3. The standard InChI is InChI=1S/C53H83NO14/c1-32-16-12-11-13-17-33(2)44(63-8)30-40-21-19-38(7)53(62,68-40)50(59)51(60)54-23-15-14-18-41(54)52(61)67-45(35(4)28-39-20-22-43(66-25-24-55)46(29-39)64-9)31-42(56)34(3)27-37(6)48(58)49(65-10)47(57)36(5)26-32/h11-13,16-17,27,32,34-36,38-41,43-46,48-49,55,58,62H,14-15,18-26,28-31H2,1-10H3/b13-11+,16-12+,33-17+,37-27+/t32-,34-,35-,36-,38-,39+,40+,41?,43-,44+,45+,46-,48-,49+,53-/m1/s1. The number of aliphatic hydroxyl groups is 3. The lowest BCUT2D eigenvalue weighted by Crippen LogP contribution is -2.61. The van der Waals surface area contributed by atoms with E-state index in [0.29, 0.717) is 63.4 Å². The molecule has 1 unspecified atom stereocenters. The molecule has 0 radical (unpaired) electrons. The summed E-state index contributed by atoms with van der Waals surface area (Å²) in [6, 6.07) is -1.14. The second kappa shape index (κ2) is 27.3. The average Bonchev–Trinajstić information content (AvgIpc) is 3.32. The molecule has 0 aromatic carbocycles. The van der Waals surface area contributed by atoms with Gasteiger partial charge in [0.2, 0.25) is 5.79 Å². The number of nitrogens with zero attached hydrogens (tertiary/aromatic N) is 1. The molecular weight excluding hydrogens is 875 g/mol. The van der Waals surface area contributed by atoms with Gasteiger partial charge in [0.25, 0.3) is 11.7 Å². The number of fused-ring (bicyclic) bond motifs is 3. The van der Waals surface area contributed by atoms with Gasteiger partial charge in [-0.1, -0.05) is 71.1 Å². The van der Waals surface area contributed by atoms with Crippen LogP contribution >= 0.6 is 0 Å².